The summed E-state index contributed by atoms with van der Waals surface area (Å²) in [6.45, 7) is 2.90. The Hall–Kier alpha value is -0.570. The monoisotopic (exact) mass is 168 g/mol. The fourth-order valence-electron chi connectivity index (χ4n) is 2.01. The molecular formula is C9H16N2O. The van der Waals surface area contributed by atoms with Crippen molar-refractivity contribution in [2.45, 2.75) is 18.9 Å². The first-order valence-electron chi connectivity index (χ1n) is 4.71. The van der Waals surface area contributed by atoms with E-state index in [-0.39, 0.29) is 0 Å². The van der Waals surface area contributed by atoms with Gasteiger partial charge in [0, 0.05) is 25.7 Å². The van der Waals surface area contributed by atoms with Crippen LogP contribution >= 0.6 is 0 Å². The number of hydrogen-bond donors (Lipinski definition) is 0. The number of rotatable bonds is 2. The molecule has 2 fully saturated rings. The Morgan fingerprint density at radius 1 is 1.33 bits per heavy atom. The average molecular weight is 168 g/mol. The zero-order valence-corrected chi connectivity index (χ0v) is 7.57. The average Bonchev–Trinajstić information content (AvgIpc) is 2.88. The molecule has 1 amide bonds. The molecule has 2 aliphatic rings. The first-order chi connectivity index (χ1) is 5.81. The van der Waals surface area contributed by atoms with E-state index in [1.54, 1.807) is 0 Å². The van der Waals surface area contributed by atoms with Gasteiger partial charge in [-0.05, 0) is 25.8 Å². The lowest BCUT2D eigenvalue weighted by Gasteiger charge is -2.37. The van der Waals surface area contributed by atoms with Gasteiger partial charge in [0.2, 0.25) is 6.41 Å². The Bertz CT molecular complexity index is 179. The third-order valence-corrected chi connectivity index (χ3v) is 3.04. The van der Waals surface area contributed by atoms with Crippen molar-refractivity contribution in [3.05, 3.63) is 0 Å². The van der Waals surface area contributed by atoms with E-state index in [9.17, 15) is 4.79 Å². The molecular weight excluding hydrogens is 152 g/mol. The lowest BCUT2D eigenvalue weighted by molar-refractivity contribution is -0.120. The van der Waals surface area contributed by atoms with Gasteiger partial charge < -0.3 is 4.90 Å². The van der Waals surface area contributed by atoms with Crippen molar-refractivity contribution in [1.82, 2.24) is 9.80 Å². The maximum atomic E-state index is 10.6. The number of nitrogens with zero attached hydrogens (tertiary/aromatic N) is 2. The molecule has 12 heavy (non-hydrogen) atoms. The normalized spacial score (nSPS) is 32.1. The largest absolute Gasteiger partial charge is 0.342 e. The van der Waals surface area contributed by atoms with Crippen LogP contribution in [-0.4, -0.2) is 48.9 Å². The quantitative estimate of drug-likeness (QED) is 0.549. The third-order valence-electron chi connectivity index (χ3n) is 3.04. The van der Waals surface area contributed by atoms with Crippen molar-refractivity contribution < 1.29 is 4.79 Å². The fourth-order valence-corrected chi connectivity index (χ4v) is 2.01. The van der Waals surface area contributed by atoms with E-state index < -0.39 is 0 Å². The Kier molecular flexibility index (Phi) is 2.05. The molecule has 0 radical (unpaired) electrons. The second-order valence-corrected chi connectivity index (χ2v) is 3.99. The molecule has 1 aliphatic heterocycles. The van der Waals surface area contributed by atoms with Crippen LogP contribution in [0.4, 0.5) is 0 Å². The third kappa shape index (κ3) is 1.46. The molecule has 3 heteroatoms. The van der Waals surface area contributed by atoms with E-state index in [4.69, 9.17) is 0 Å². The van der Waals surface area contributed by atoms with E-state index in [1.165, 1.54) is 12.8 Å². The van der Waals surface area contributed by atoms with Crippen molar-refractivity contribution in [3.63, 3.8) is 0 Å². The van der Waals surface area contributed by atoms with Crippen LogP contribution in [0.15, 0.2) is 0 Å². The maximum absolute atomic E-state index is 10.6. The summed E-state index contributed by atoms with van der Waals surface area (Å²) in [5.41, 5.74) is 0. The minimum absolute atomic E-state index is 0.643. The van der Waals surface area contributed by atoms with Crippen LogP contribution in [0.2, 0.25) is 0 Å². The molecule has 1 aliphatic carbocycles. The second-order valence-electron chi connectivity index (χ2n) is 3.99. The summed E-state index contributed by atoms with van der Waals surface area (Å²) in [5, 5.41) is 0. The molecule has 0 aromatic rings. The van der Waals surface area contributed by atoms with E-state index in [0.717, 1.165) is 32.0 Å². The van der Waals surface area contributed by atoms with Gasteiger partial charge >= 0.3 is 0 Å². The van der Waals surface area contributed by atoms with Gasteiger partial charge in [-0.15, -0.1) is 0 Å². The minimum Gasteiger partial charge on any atom is -0.342 e. The van der Waals surface area contributed by atoms with Crippen LogP contribution in [0.5, 0.6) is 0 Å². The van der Waals surface area contributed by atoms with Crippen LogP contribution in [0.25, 0.3) is 0 Å². The van der Waals surface area contributed by atoms with Crippen molar-refractivity contribution in [2.24, 2.45) is 5.92 Å². The summed E-state index contributed by atoms with van der Waals surface area (Å²) >= 11 is 0. The van der Waals surface area contributed by atoms with Gasteiger partial charge in [0.25, 0.3) is 0 Å². The van der Waals surface area contributed by atoms with Gasteiger partial charge in [0.05, 0.1) is 0 Å². The Balaban J connectivity index is 1.94. The Morgan fingerprint density at radius 2 is 2.08 bits per heavy atom. The number of hydrogen-bond acceptors (Lipinski definition) is 2. The first-order valence-corrected chi connectivity index (χ1v) is 4.71. The van der Waals surface area contributed by atoms with Crippen LogP contribution < -0.4 is 0 Å². The summed E-state index contributed by atoms with van der Waals surface area (Å²) in [5.74, 6) is 0.873. The molecule has 0 bridgehead atoms. The van der Waals surface area contributed by atoms with Crippen molar-refractivity contribution in [1.29, 1.82) is 0 Å². The molecule has 0 aromatic carbocycles. The lowest BCUT2D eigenvalue weighted by atomic mass is 10.1. The van der Waals surface area contributed by atoms with Crippen LogP contribution in [-0.2, 0) is 4.79 Å². The standard InChI is InChI=1S/C9H16N2O/c1-10-4-5-11(7-12)6-9(10)8-2-3-8/h7-9H,2-6H2,1H3. The topological polar surface area (TPSA) is 23.6 Å². The number of likely N-dealkylation sites (N-methyl/N-ethyl adjacent to an activating group) is 1. The molecule has 1 saturated heterocycles. The number of amides is 1. The van der Waals surface area contributed by atoms with Crippen molar-refractivity contribution in [2.75, 3.05) is 26.7 Å². The molecule has 1 saturated carbocycles. The van der Waals surface area contributed by atoms with Gasteiger partial charge in [-0.1, -0.05) is 0 Å². The summed E-state index contributed by atoms with van der Waals surface area (Å²) in [6.07, 6.45) is 3.71. The van der Waals surface area contributed by atoms with E-state index in [0.29, 0.717) is 6.04 Å². The van der Waals surface area contributed by atoms with Crippen molar-refractivity contribution >= 4 is 6.41 Å². The van der Waals surface area contributed by atoms with Gasteiger partial charge in [-0.3, -0.25) is 9.69 Å². The molecule has 1 unspecified atom stereocenters. The van der Waals surface area contributed by atoms with E-state index >= 15 is 0 Å². The highest BCUT2D eigenvalue weighted by Gasteiger charge is 2.36. The molecule has 0 N–H and O–H groups in total. The maximum Gasteiger partial charge on any atom is 0.209 e. The van der Waals surface area contributed by atoms with Crippen molar-refractivity contribution in [3.8, 4) is 0 Å². The smallest absolute Gasteiger partial charge is 0.209 e. The number of piperazine rings is 1. The van der Waals surface area contributed by atoms with Gasteiger partial charge in [-0.25, -0.2) is 0 Å². The zero-order chi connectivity index (χ0) is 8.55. The molecule has 68 valence electrons. The summed E-state index contributed by atoms with van der Waals surface area (Å²) in [6, 6.07) is 0.643. The number of carbonyl (C=O) groups excluding carboxylic acids is 1. The predicted molar refractivity (Wildman–Crippen MR) is 46.8 cm³/mol. The van der Waals surface area contributed by atoms with Gasteiger partial charge in [-0.2, -0.15) is 0 Å². The van der Waals surface area contributed by atoms with E-state index in [1.807, 2.05) is 4.90 Å². The number of carbonyl (C=O) groups is 1. The summed E-state index contributed by atoms with van der Waals surface area (Å²) < 4.78 is 0. The molecule has 3 nitrogen and oxygen atoms in total. The lowest BCUT2D eigenvalue weighted by Crippen LogP contribution is -2.51. The SMILES string of the molecule is CN1CCN(C=O)CC1C1CC1. The fraction of sp³-hybridized carbons (Fsp3) is 0.889. The molecule has 0 aromatic heterocycles. The summed E-state index contributed by atoms with van der Waals surface area (Å²) in [4.78, 5) is 14.9. The Labute approximate surface area is 73.3 Å². The highest BCUT2D eigenvalue weighted by atomic mass is 16.1. The van der Waals surface area contributed by atoms with E-state index in [2.05, 4.69) is 11.9 Å². The Morgan fingerprint density at radius 3 is 2.67 bits per heavy atom. The molecule has 1 atom stereocenters. The van der Waals surface area contributed by atoms with Crippen LogP contribution in [0.1, 0.15) is 12.8 Å². The minimum atomic E-state index is 0.643. The van der Waals surface area contributed by atoms with Gasteiger partial charge in [0.15, 0.2) is 0 Å². The molecule has 0 spiro atoms. The van der Waals surface area contributed by atoms with Crippen LogP contribution in [0, 0.1) is 5.92 Å². The molecule has 1 heterocycles. The predicted octanol–water partition coefficient (Wildman–Crippen LogP) is 0.169. The summed E-state index contributed by atoms with van der Waals surface area (Å²) in [7, 11) is 2.17. The zero-order valence-electron chi connectivity index (χ0n) is 7.57. The molecule has 2 rings (SSSR count). The highest BCUT2D eigenvalue weighted by Crippen LogP contribution is 2.36. The first kappa shape index (κ1) is 8.05. The second kappa shape index (κ2) is 3.05. The van der Waals surface area contributed by atoms with Gasteiger partial charge in [0.1, 0.15) is 0 Å². The highest BCUT2D eigenvalue weighted by molar-refractivity contribution is 5.47. The van der Waals surface area contributed by atoms with Crippen LogP contribution in [0.3, 0.4) is 0 Å².